The van der Waals surface area contributed by atoms with Crippen LogP contribution in [0.15, 0.2) is 51.1 Å². The van der Waals surface area contributed by atoms with Crippen molar-refractivity contribution >= 4 is 17.2 Å². The number of nitrogens with zero attached hydrogens (tertiary/aromatic N) is 1. The summed E-state index contributed by atoms with van der Waals surface area (Å²) in [4.78, 5) is 16.9. The summed E-state index contributed by atoms with van der Waals surface area (Å²) in [5.41, 5.74) is 0.198. The molecule has 1 unspecified atom stereocenters. The summed E-state index contributed by atoms with van der Waals surface area (Å²) < 4.78 is 10.3. The number of rotatable bonds is 5. The van der Waals surface area contributed by atoms with E-state index in [1.807, 2.05) is 17.5 Å². The summed E-state index contributed by atoms with van der Waals surface area (Å²) >= 11 is 1.46. The van der Waals surface area contributed by atoms with Crippen molar-refractivity contribution in [3.05, 3.63) is 53.8 Å². The average Bonchev–Trinajstić information content (AvgIpc) is 3.25. The molecule has 1 atom stereocenters. The predicted molar refractivity (Wildman–Crippen MR) is 75.8 cm³/mol. The Bertz CT molecular complexity index is 703. The van der Waals surface area contributed by atoms with E-state index >= 15 is 0 Å². The van der Waals surface area contributed by atoms with Crippen LogP contribution in [-0.4, -0.2) is 22.5 Å². The van der Waals surface area contributed by atoms with Crippen LogP contribution in [0.25, 0.3) is 10.6 Å². The van der Waals surface area contributed by atoms with Crippen LogP contribution in [-0.2, 0) is 0 Å². The van der Waals surface area contributed by atoms with Crippen molar-refractivity contribution in [2.75, 3.05) is 6.54 Å². The smallest absolute Gasteiger partial charge is 0.274 e. The van der Waals surface area contributed by atoms with E-state index in [-0.39, 0.29) is 12.2 Å². The maximum atomic E-state index is 12.1. The Kier molecular flexibility index (Phi) is 3.85. The molecule has 0 aromatic carbocycles. The molecule has 3 aromatic heterocycles. The molecule has 0 bridgehead atoms. The van der Waals surface area contributed by atoms with Crippen LogP contribution in [0.1, 0.15) is 22.4 Å². The first-order valence-corrected chi connectivity index (χ1v) is 7.10. The molecule has 0 aliphatic carbocycles. The Morgan fingerprint density at radius 1 is 1.38 bits per heavy atom. The fraction of sp³-hybridized carbons (Fsp3) is 0.143. The Morgan fingerprint density at radius 3 is 3.00 bits per heavy atom. The molecule has 0 spiro atoms. The first kappa shape index (κ1) is 13.6. The Balaban J connectivity index is 1.68. The summed E-state index contributed by atoms with van der Waals surface area (Å²) in [6.45, 7) is 0.0308. The number of thiophene rings is 1. The summed E-state index contributed by atoms with van der Waals surface area (Å²) in [5.74, 6) is 0.418. The number of oxazole rings is 1. The van der Waals surface area contributed by atoms with Gasteiger partial charge in [0.15, 0.2) is 17.8 Å². The molecule has 7 heteroatoms. The van der Waals surface area contributed by atoms with Gasteiger partial charge in [0.1, 0.15) is 11.9 Å². The van der Waals surface area contributed by atoms with Crippen molar-refractivity contribution in [2.24, 2.45) is 0 Å². The maximum Gasteiger partial charge on any atom is 0.274 e. The van der Waals surface area contributed by atoms with Crippen molar-refractivity contribution in [3.8, 4) is 10.6 Å². The molecule has 0 saturated heterocycles. The quantitative estimate of drug-likeness (QED) is 0.756. The van der Waals surface area contributed by atoms with Crippen LogP contribution in [0.5, 0.6) is 0 Å². The van der Waals surface area contributed by atoms with Crippen molar-refractivity contribution in [1.82, 2.24) is 10.3 Å². The lowest BCUT2D eigenvalue weighted by Crippen LogP contribution is -2.28. The topological polar surface area (TPSA) is 88.5 Å². The van der Waals surface area contributed by atoms with Gasteiger partial charge in [-0.3, -0.25) is 4.79 Å². The highest BCUT2D eigenvalue weighted by atomic mass is 32.1. The molecule has 2 N–H and O–H groups in total. The number of furan rings is 1. The van der Waals surface area contributed by atoms with Gasteiger partial charge in [-0.2, -0.15) is 0 Å². The molecule has 6 nitrogen and oxygen atoms in total. The summed E-state index contributed by atoms with van der Waals surface area (Å²) in [6.07, 6.45) is 1.79. The zero-order valence-corrected chi connectivity index (χ0v) is 11.7. The van der Waals surface area contributed by atoms with E-state index < -0.39 is 12.0 Å². The van der Waals surface area contributed by atoms with Crippen LogP contribution in [0.3, 0.4) is 0 Å². The number of hydrogen-bond donors (Lipinski definition) is 2. The van der Waals surface area contributed by atoms with Crippen LogP contribution >= 0.6 is 11.3 Å². The minimum Gasteiger partial charge on any atom is -0.467 e. The Hall–Kier alpha value is -2.38. The maximum absolute atomic E-state index is 12.1. The first-order chi connectivity index (χ1) is 10.3. The highest BCUT2D eigenvalue weighted by molar-refractivity contribution is 7.13. The van der Waals surface area contributed by atoms with Crippen LogP contribution in [0.4, 0.5) is 0 Å². The molecule has 0 aliphatic heterocycles. The first-order valence-electron chi connectivity index (χ1n) is 6.22. The molecular formula is C14H12N2O4S. The zero-order valence-electron chi connectivity index (χ0n) is 10.9. The molecule has 21 heavy (non-hydrogen) atoms. The number of aliphatic hydroxyl groups is 1. The molecule has 1 amide bonds. The molecule has 3 rings (SSSR count). The number of aliphatic hydroxyl groups excluding tert-OH is 1. The lowest BCUT2D eigenvalue weighted by Gasteiger charge is -2.08. The fourth-order valence-electron chi connectivity index (χ4n) is 1.85. The van der Waals surface area contributed by atoms with E-state index in [4.69, 9.17) is 8.83 Å². The molecule has 0 fully saturated rings. The minimum atomic E-state index is -0.902. The second-order valence-electron chi connectivity index (χ2n) is 4.25. The van der Waals surface area contributed by atoms with Crippen molar-refractivity contribution in [3.63, 3.8) is 0 Å². The summed E-state index contributed by atoms with van der Waals surface area (Å²) in [6, 6.07) is 7.03. The molecule has 0 radical (unpaired) electrons. The van der Waals surface area contributed by atoms with Gasteiger partial charge in [-0.05, 0) is 23.6 Å². The molecule has 3 heterocycles. The van der Waals surface area contributed by atoms with E-state index in [0.717, 1.165) is 4.88 Å². The van der Waals surface area contributed by atoms with Crippen LogP contribution in [0.2, 0.25) is 0 Å². The van der Waals surface area contributed by atoms with E-state index in [9.17, 15) is 9.90 Å². The lowest BCUT2D eigenvalue weighted by atomic mass is 10.2. The Labute approximate surface area is 124 Å². The molecule has 0 saturated carbocycles. The van der Waals surface area contributed by atoms with Crippen molar-refractivity contribution < 1.29 is 18.7 Å². The van der Waals surface area contributed by atoms with Crippen LogP contribution in [0, 0.1) is 0 Å². The number of carbonyl (C=O) groups excluding carboxylic acids is 1. The number of carbonyl (C=O) groups is 1. The lowest BCUT2D eigenvalue weighted by molar-refractivity contribution is 0.0897. The largest absolute Gasteiger partial charge is 0.467 e. The third kappa shape index (κ3) is 2.88. The number of hydrogen-bond acceptors (Lipinski definition) is 6. The van der Waals surface area contributed by atoms with Gasteiger partial charge in [-0.25, -0.2) is 4.98 Å². The zero-order chi connectivity index (χ0) is 14.7. The molecular weight excluding hydrogens is 292 g/mol. The standard InChI is InChI=1S/C14H12N2O4S/c17-9(10-3-1-5-19-10)7-15-14(18)12-13(20-8-16-12)11-4-2-6-21-11/h1-6,8-9,17H,7H2,(H,15,18). The molecule has 108 valence electrons. The summed E-state index contributed by atoms with van der Waals surface area (Å²) in [5, 5.41) is 14.4. The third-order valence-corrected chi connectivity index (χ3v) is 3.72. The predicted octanol–water partition coefficient (Wildman–Crippen LogP) is 2.46. The van der Waals surface area contributed by atoms with Gasteiger partial charge in [-0.15, -0.1) is 11.3 Å². The van der Waals surface area contributed by atoms with E-state index in [2.05, 4.69) is 10.3 Å². The van der Waals surface area contributed by atoms with Gasteiger partial charge in [0, 0.05) is 0 Å². The van der Waals surface area contributed by atoms with Crippen molar-refractivity contribution in [1.29, 1.82) is 0 Å². The normalized spacial score (nSPS) is 12.2. The van der Waals surface area contributed by atoms with Crippen LogP contribution < -0.4 is 5.32 Å². The van der Waals surface area contributed by atoms with E-state index in [0.29, 0.717) is 11.5 Å². The number of nitrogens with one attached hydrogen (secondary N) is 1. The fourth-order valence-corrected chi connectivity index (χ4v) is 2.56. The number of amides is 1. The highest BCUT2D eigenvalue weighted by Gasteiger charge is 2.20. The molecule has 3 aromatic rings. The monoisotopic (exact) mass is 304 g/mol. The van der Waals surface area contributed by atoms with Gasteiger partial charge >= 0.3 is 0 Å². The second kappa shape index (κ2) is 5.94. The van der Waals surface area contributed by atoms with Gasteiger partial charge in [0.25, 0.3) is 5.91 Å². The average molecular weight is 304 g/mol. The second-order valence-corrected chi connectivity index (χ2v) is 5.20. The third-order valence-electron chi connectivity index (χ3n) is 2.86. The SMILES string of the molecule is O=C(NCC(O)c1ccco1)c1ncoc1-c1cccs1. The van der Waals surface area contributed by atoms with Gasteiger partial charge in [0.05, 0.1) is 17.7 Å². The van der Waals surface area contributed by atoms with Gasteiger partial charge in [0.2, 0.25) is 0 Å². The van der Waals surface area contributed by atoms with Gasteiger partial charge < -0.3 is 19.3 Å². The highest BCUT2D eigenvalue weighted by Crippen LogP contribution is 2.27. The minimum absolute atomic E-state index is 0.0308. The van der Waals surface area contributed by atoms with Crippen molar-refractivity contribution in [2.45, 2.75) is 6.10 Å². The Morgan fingerprint density at radius 2 is 2.29 bits per heavy atom. The molecule has 0 aliphatic rings. The van der Waals surface area contributed by atoms with E-state index in [1.165, 1.54) is 24.0 Å². The summed E-state index contributed by atoms with van der Waals surface area (Å²) in [7, 11) is 0. The van der Waals surface area contributed by atoms with Gasteiger partial charge in [-0.1, -0.05) is 6.07 Å². The van der Waals surface area contributed by atoms with E-state index in [1.54, 1.807) is 12.1 Å². The number of aromatic nitrogens is 1.